The largest absolute Gasteiger partial charge is 0.384 e. The first-order valence-corrected chi connectivity index (χ1v) is 11.3. The number of nitrogen functional groups attached to an aromatic ring is 1. The van der Waals surface area contributed by atoms with Gasteiger partial charge in [-0.1, -0.05) is 33.6 Å². The Balaban J connectivity index is 0.00000112. The number of hydrogen-bond acceptors (Lipinski definition) is 6. The second kappa shape index (κ2) is 7.98. The molecule has 8 nitrogen and oxygen atoms in total. The molecule has 31 heavy (non-hydrogen) atoms. The number of aryl methyl sites for hydroxylation is 1. The van der Waals surface area contributed by atoms with E-state index in [0.717, 1.165) is 18.4 Å². The summed E-state index contributed by atoms with van der Waals surface area (Å²) >= 11 is 0. The molecule has 1 aliphatic heterocycles. The monoisotopic (exact) mass is 424 g/mol. The summed E-state index contributed by atoms with van der Waals surface area (Å²) < 4.78 is 1.74. The summed E-state index contributed by atoms with van der Waals surface area (Å²) in [7, 11) is 0. The summed E-state index contributed by atoms with van der Waals surface area (Å²) in [5.74, 6) is 2.04. The Labute approximate surface area is 182 Å². The predicted octanol–water partition coefficient (Wildman–Crippen LogP) is 3.54. The highest BCUT2D eigenvalue weighted by Gasteiger charge is 2.52. The molecule has 0 aromatic carbocycles. The molecule has 166 valence electrons. The van der Waals surface area contributed by atoms with Crippen LogP contribution in [0.5, 0.6) is 0 Å². The third-order valence-electron chi connectivity index (χ3n) is 7.04. The number of pyridine rings is 1. The first-order valence-electron chi connectivity index (χ1n) is 11.3. The number of nitrogens with two attached hydrogens (primary N) is 1. The molecule has 2 aliphatic carbocycles. The van der Waals surface area contributed by atoms with Crippen LogP contribution in [0.2, 0.25) is 0 Å². The van der Waals surface area contributed by atoms with Crippen molar-refractivity contribution < 1.29 is 4.79 Å². The molecule has 3 aliphatic rings. The van der Waals surface area contributed by atoms with Gasteiger partial charge in [0.2, 0.25) is 0 Å². The highest BCUT2D eigenvalue weighted by molar-refractivity contribution is 5.97. The summed E-state index contributed by atoms with van der Waals surface area (Å²) in [6.07, 6.45) is 6.83. The predicted molar refractivity (Wildman–Crippen MR) is 121 cm³/mol. The van der Waals surface area contributed by atoms with E-state index in [1.807, 2.05) is 20.8 Å². The van der Waals surface area contributed by atoms with Gasteiger partial charge < -0.3 is 16.4 Å². The van der Waals surface area contributed by atoms with Crippen LogP contribution >= 0.6 is 0 Å². The van der Waals surface area contributed by atoms with Crippen molar-refractivity contribution in [3.63, 3.8) is 0 Å². The fraction of sp³-hybridized carbons (Fsp3) is 0.565. The molecule has 2 fully saturated rings. The minimum absolute atomic E-state index is 0.151. The number of nitrogens with one attached hydrogen (secondary N) is 2. The zero-order valence-corrected chi connectivity index (χ0v) is 18.7. The van der Waals surface area contributed by atoms with Crippen LogP contribution in [-0.4, -0.2) is 20.4 Å². The summed E-state index contributed by atoms with van der Waals surface area (Å²) in [5, 5.41) is 6.32. The number of fused-ring (bicyclic) bond motifs is 4. The summed E-state index contributed by atoms with van der Waals surface area (Å²) in [5.41, 5.74) is 6.52. The zero-order chi connectivity index (χ0) is 22.3. The minimum Gasteiger partial charge on any atom is -0.384 e. The third-order valence-corrected chi connectivity index (χ3v) is 7.04. The van der Waals surface area contributed by atoms with Gasteiger partial charge in [-0.25, -0.2) is 9.97 Å². The van der Waals surface area contributed by atoms with E-state index in [1.165, 1.54) is 25.6 Å². The zero-order valence-electron chi connectivity index (χ0n) is 18.7. The molecular weight excluding hydrogens is 392 g/mol. The Morgan fingerprint density at radius 1 is 1.16 bits per heavy atom. The number of aromatic nitrogens is 3. The van der Waals surface area contributed by atoms with Crippen molar-refractivity contribution in [1.82, 2.24) is 19.9 Å². The molecule has 4 atom stereocenters. The first-order chi connectivity index (χ1) is 14.9. The Morgan fingerprint density at radius 2 is 1.90 bits per heavy atom. The summed E-state index contributed by atoms with van der Waals surface area (Å²) in [6.45, 7) is 8.04. The Hall–Kier alpha value is -2.90. The van der Waals surface area contributed by atoms with Crippen LogP contribution in [0.4, 0.5) is 17.3 Å². The average Bonchev–Trinajstić information content (AvgIpc) is 3.26. The normalized spacial score (nSPS) is 28.4. The van der Waals surface area contributed by atoms with Gasteiger partial charge in [0.25, 0.3) is 11.5 Å². The van der Waals surface area contributed by atoms with Crippen molar-refractivity contribution in [2.75, 3.05) is 11.1 Å². The van der Waals surface area contributed by atoms with Crippen LogP contribution in [0.15, 0.2) is 23.3 Å². The molecule has 0 radical (unpaired) electrons. The van der Waals surface area contributed by atoms with E-state index in [9.17, 15) is 9.59 Å². The smallest absolute Gasteiger partial charge is 0.276 e. The van der Waals surface area contributed by atoms with Crippen LogP contribution in [0, 0.1) is 24.7 Å². The highest BCUT2D eigenvalue weighted by atomic mass is 16.2. The molecule has 1 amide bonds. The number of carbonyl (C=O) groups excluding carboxylic acids is 1. The van der Waals surface area contributed by atoms with Crippen molar-refractivity contribution in [1.29, 1.82) is 0 Å². The van der Waals surface area contributed by atoms with E-state index in [4.69, 9.17) is 5.73 Å². The molecule has 1 spiro atoms. The maximum atomic E-state index is 13.6. The maximum Gasteiger partial charge on any atom is 0.276 e. The Kier molecular flexibility index (Phi) is 5.49. The van der Waals surface area contributed by atoms with E-state index in [0.29, 0.717) is 34.9 Å². The van der Waals surface area contributed by atoms with Gasteiger partial charge >= 0.3 is 0 Å². The SMILES string of the molecule is CC.Cc1cc(Nc2cc(N)ncn2)c(=O)n2c1C(=O)NC21C[C@@H]2CC[C@H](CC1C)C2. The van der Waals surface area contributed by atoms with Crippen LogP contribution in [-0.2, 0) is 5.66 Å². The molecule has 2 aromatic heterocycles. The van der Waals surface area contributed by atoms with Crippen molar-refractivity contribution in [2.24, 2.45) is 17.8 Å². The molecule has 8 heteroatoms. The molecule has 0 saturated heterocycles. The molecule has 2 saturated carbocycles. The van der Waals surface area contributed by atoms with Crippen LogP contribution in [0.1, 0.15) is 68.9 Å². The van der Waals surface area contributed by atoms with Crippen LogP contribution in [0.25, 0.3) is 0 Å². The third kappa shape index (κ3) is 3.47. The van der Waals surface area contributed by atoms with Crippen molar-refractivity contribution in [2.45, 2.75) is 65.5 Å². The quantitative estimate of drug-likeness (QED) is 0.679. The summed E-state index contributed by atoms with van der Waals surface area (Å²) in [6, 6.07) is 3.30. The van der Waals surface area contributed by atoms with Crippen molar-refractivity contribution in [3.05, 3.63) is 40.1 Å². The van der Waals surface area contributed by atoms with E-state index in [1.54, 1.807) is 16.7 Å². The second-order valence-electron chi connectivity index (χ2n) is 8.95. The van der Waals surface area contributed by atoms with Crippen LogP contribution in [0.3, 0.4) is 0 Å². The molecule has 5 rings (SSSR count). The molecule has 2 aromatic rings. The Morgan fingerprint density at radius 3 is 2.65 bits per heavy atom. The fourth-order valence-corrected chi connectivity index (χ4v) is 5.79. The molecule has 2 unspecified atom stereocenters. The Bertz CT molecular complexity index is 1060. The lowest BCUT2D eigenvalue weighted by atomic mass is 9.82. The minimum atomic E-state index is -0.656. The lowest BCUT2D eigenvalue weighted by molar-refractivity contribution is 0.0768. The number of amides is 1. The van der Waals surface area contributed by atoms with Gasteiger partial charge in [-0.3, -0.25) is 14.2 Å². The van der Waals surface area contributed by atoms with Crippen LogP contribution < -0.4 is 21.9 Å². The molecule has 2 bridgehead atoms. The van der Waals surface area contributed by atoms with Gasteiger partial charge in [-0.15, -0.1) is 0 Å². The highest BCUT2D eigenvalue weighted by Crippen LogP contribution is 2.50. The lowest BCUT2D eigenvalue weighted by Crippen LogP contribution is -2.53. The molecule has 4 N–H and O–H groups in total. The van der Waals surface area contributed by atoms with Gasteiger partial charge in [-0.2, -0.15) is 0 Å². The first kappa shape index (κ1) is 21.3. The van der Waals surface area contributed by atoms with E-state index in [2.05, 4.69) is 27.5 Å². The van der Waals surface area contributed by atoms with Gasteiger partial charge in [0.1, 0.15) is 35.0 Å². The average molecular weight is 425 g/mol. The summed E-state index contributed by atoms with van der Waals surface area (Å²) in [4.78, 5) is 34.6. The standard InChI is InChI=1S/C21H26N6O2.C2H6/c1-11-5-15(25-17-8-16(22)23-10-24-17)20(29)27-18(11)19(28)26-21(27)9-14-4-3-13(7-14)6-12(21)2;1-2/h5,8,10,12-14H,3-4,6-7,9H2,1-2H3,(H,26,28)(H3,22,23,24,25);1-2H3/t12?,13-,14-,21?;/m1./s1. The maximum absolute atomic E-state index is 13.6. The van der Waals surface area contributed by atoms with E-state index >= 15 is 0 Å². The van der Waals surface area contributed by atoms with Crippen molar-refractivity contribution >= 4 is 23.2 Å². The van der Waals surface area contributed by atoms with Gasteiger partial charge in [-0.05, 0) is 55.6 Å². The number of nitrogens with zero attached hydrogens (tertiary/aromatic N) is 3. The number of carbonyl (C=O) groups is 1. The number of hydrogen-bond donors (Lipinski definition) is 3. The van der Waals surface area contributed by atoms with Gasteiger partial charge in [0, 0.05) is 6.07 Å². The van der Waals surface area contributed by atoms with Crippen molar-refractivity contribution in [3.8, 4) is 0 Å². The topological polar surface area (TPSA) is 115 Å². The van der Waals surface area contributed by atoms with Gasteiger partial charge in [0.15, 0.2) is 0 Å². The van der Waals surface area contributed by atoms with E-state index < -0.39 is 5.66 Å². The second-order valence-corrected chi connectivity index (χ2v) is 8.95. The molecule has 3 heterocycles. The number of rotatable bonds is 2. The number of anilines is 3. The van der Waals surface area contributed by atoms with E-state index in [-0.39, 0.29) is 17.4 Å². The lowest BCUT2D eigenvalue weighted by Gasteiger charge is -2.39. The fourth-order valence-electron chi connectivity index (χ4n) is 5.79. The molecular formula is C23H32N6O2. The van der Waals surface area contributed by atoms with Gasteiger partial charge in [0.05, 0.1) is 0 Å².